The smallest absolute Gasteiger partial charge is 0.309 e. The number of rotatable bonds is 7. The van der Waals surface area contributed by atoms with Crippen molar-refractivity contribution in [1.82, 2.24) is 10.2 Å². The molecule has 2 aliphatic rings. The summed E-state index contributed by atoms with van der Waals surface area (Å²) in [5.41, 5.74) is 0. The number of piperazine rings is 1. The van der Waals surface area contributed by atoms with E-state index < -0.39 is 0 Å². The number of carbonyl (C=O) groups is 1. The molecular formula is C15H28N2O2. The summed E-state index contributed by atoms with van der Waals surface area (Å²) in [5, 5.41) is 3.35. The minimum Gasteiger partial charge on any atom is -0.461 e. The molecule has 0 saturated carbocycles. The van der Waals surface area contributed by atoms with Crippen LogP contribution in [0.3, 0.4) is 0 Å². The summed E-state index contributed by atoms with van der Waals surface area (Å²) in [6.45, 7) is 7.42. The highest BCUT2D eigenvalue weighted by atomic mass is 16.6. The molecule has 0 amide bonds. The number of nitrogens with zero attached hydrogens (tertiary/aromatic N) is 1. The number of hydrogen-bond donors (Lipinski definition) is 1. The van der Waals surface area contributed by atoms with Crippen LogP contribution in [0, 0.1) is 5.92 Å². The van der Waals surface area contributed by atoms with Gasteiger partial charge in [0.25, 0.3) is 0 Å². The predicted molar refractivity (Wildman–Crippen MR) is 76.1 cm³/mol. The van der Waals surface area contributed by atoms with Crippen LogP contribution in [-0.2, 0) is 9.53 Å². The van der Waals surface area contributed by atoms with Gasteiger partial charge in [-0.3, -0.25) is 9.69 Å². The summed E-state index contributed by atoms with van der Waals surface area (Å²) < 4.78 is 5.53. The minimum absolute atomic E-state index is 0.0524. The van der Waals surface area contributed by atoms with Crippen molar-refractivity contribution in [1.29, 1.82) is 0 Å². The summed E-state index contributed by atoms with van der Waals surface area (Å²) in [4.78, 5) is 14.2. The highest BCUT2D eigenvalue weighted by molar-refractivity contribution is 5.74. The zero-order chi connectivity index (χ0) is 13.5. The van der Waals surface area contributed by atoms with Gasteiger partial charge in [0.1, 0.15) is 6.10 Å². The van der Waals surface area contributed by atoms with Crippen molar-refractivity contribution in [2.45, 2.75) is 51.6 Å². The first kappa shape index (κ1) is 14.8. The number of nitrogens with one attached hydrogen (secondary N) is 1. The Morgan fingerprint density at radius 2 is 2.05 bits per heavy atom. The minimum atomic E-state index is 0.0524. The van der Waals surface area contributed by atoms with Gasteiger partial charge in [0.05, 0.1) is 5.92 Å². The van der Waals surface area contributed by atoms with Crippen molar-refractivity contribution >= 4 is 5.97 Å². The van der Waals surface area contributed by atoms with Gasteiger partial charge in [0, 0.05) is 32.7 Å². The van der Waals surface area contributed by atoms with Gasteiger partial charge >= 0.3 is 5.97 Å². The van der Waals surface area contributed by atoms with Gasteiger partial charge in [0.15, 0.2) is 0 Å². The topological polar surface area (TPSA) is 41.6 Å². The van der Waals surface area contributed by atoms with Crippen LogP contribution in [0.4, 0.5) is 0 Å². The Hall–Kier alpha value is -0.610. The Balaban J connectivity index is 1.66. The highest BCUT2D eigenvalue weighted by Gasteiger charge is 2.34. The van der Waals surface area contributed by atoms with Gasteiger partial charge in [-0.2, -0.15) is 0 Å². The zero-order valence-electron chi connectivity index (χ0n) is 12.2. The van der Waals surface area contributed by atoms with Gasteiger partial charge < -0.3 is 10.1 Å². The quantitative estimate of drug-likeness (QED) is 0.564. The molecule has 2 rings (SSSR count). The lowest BCUT2D eigenvalue weighted by Crippen LogP contribution is -2.46. The van der Waals surface area contributed by atoms with Crippen LogP contribution in [0.2, 0.25) is 0 Å². The van der Waals surface area contributed by atoms with E-state index in [9.17, 15) is 4.79 Å². The lowest BCUT2D eigenvalue weighted by molar-refractivity contribution is -0.145. The molecule has 0 bridgehead atoms. The fraction of sp³-hybridized carbons (Fsp3) is 0.933. The molecule has 2 saturated heterocycles. The van der Waals surface area contributed by atoms with Gasteiger partial charge in [0.2, 0.25) is 0 Å². The number of ether oxygens (including phenoxy) is 1. The molecule has 2 atom stereocenters. The van der Waals surface area contributed by atoms with Crippen LogP contribution in [0.1, 0.15) is 45.4 Å². The Labute approximate surface area is 116 Å². The van der Waals surface area contributed by atoms with Gasteiger partial charge in [-0.05, 0) is 12.8 Å². The van der Waals surface area contributed by atoms with Crippen molar-refractivity contribution in [3.05, 3.63) is 0 Å². The summed E-state index contributed by atoms with van der Waals surface area (Å²) in [7, 11) is 0. The highest BCUT2D eigenvalue weighted by Crippen LogP contribution is 2.26. The van der Waals surface area contributed by atoms with Gasteiger partial charge in [-0.1, -0.05) is 32.6 Å². The van der Waals surface area contributed by atoms with Gasteiger partial charge in [-0.25, -0.2) is 0 Å². The Bertz CT molecular complexity index is 277. The van der Waals surface area contributed by atoms with Crippen molar-refractivity contribution < 1.29 is 9.53 Å². The second-order valence-corrected chi connectivity index (χ2v) is 5.89. The molecule has 0 aromatic rings. The second kappa shape index (κ2) is 7.85. The number of carbonyl (C=O) groups excluding carboxylic acids is 1. The van der Waals surface area contributed by atoms with Crippen LogP contribution in [0.15, 0.2) is 0 Å². The molecule has 0 aliphatic carbocycles. The first-order chi connectivity index (χ1) is 9.29. The van der Waals surface area contributed by atoms with Crippen LogP contribution >= 0.6 is 0 Å². The first-order valence-electron chi connectivity index (χ1n) is 7.93. The number of esters is 1. The van der Waals surface area contributed by atoms with E-state index in [0.717, 1.165) is 45.6 Å². The van der Waals surface area contributed by atoms with E-state index in [1.807, 2.05) is 0 Å². The summed E-state index contributed by atoms with van der Waals surface area (Å²) in [5.74, 6) is 0.224. The lowest BCUT2D eigenvalue weighted by atomic mass is 9.97. The van der Waals surface area contributed by atoms with E-state index in [-0.39, 0.29) is 18.0 Å². The van der Waals surface area contributed by atoms with E-state index in [1.54, 1.807) is 0 Å². The zero-order valence-corrected chi connectivity index (χ0v) is 12.2. The molecule has 4 heteroatoms. The number of unbranched alkanes of at least 4 members (excludes halogenated alkanes) is 3. The van der Waals surface area contributed by atoms with Crippen molar-refractivity contribution in [3.8, 4) is 0 Å². The van der Waals surface area contributed by atoms with E-state index in [0.29, 0.717) is 0 Å². The maximum Gasteiger partial charge on any atom is 0.309 e. The maximum atomic E-state index is 11.8. The average molecular weight is 268 g/mol. The molecule has 0 aromatic heterocycles. The van der Waals surface area contributed by atoms with Crippen molar-refractivity contribution in [2.75, 3.05) is 32.7 Å². The molecule has 110 valence electrons. The average Bonchev–Trinajstić information content (AvgIpc) is 2.76. The second-order valence-electron chi connectivity index (χ2n) is 5.89. The molecule has 0 radical (unpaired) electrons. The Morgan fingerprint density at radius 1 is 1.26 bits per heavy atom. The molecule has 19 heavy (non-hydrogen) atoms. The summed E-state index contributed by atoms with van der Waals surface area (Å²) >= 11 is 0. The molecule has 0 aromatic carbocycles. The molecule has 2 heterocycles. The van der Waals surface area contributed by atoms with Crippen molar-refractivity contribution in [3.63, 3.8) is 0 Å². The van der Waals surface area contributed by atoms with E-state index in [4.69, 9.17) is 4.74 Å². The van der Waals surface area contributed by atoms with E-state index in [2.05, 4.69) is 17.1 Å². The number of cyclic esters (lactones) is 1. The van der Waals surface area contributed by atoms with E-state index >= 15 is 0 Å². The molecular weight excluding hydrogens is 240 g/mol. The molecule has 2 fully saturated rings. The Morgan fingerprint density at radius 3 is 2.79 bits per heavy atom. The fourth-order valence-corrected chi connectivity index (χ4v) is 3.07. The normalized spacial score (nSPS) is 28.6. The number of hydrogen-bond acceptors (Lipinski definition) is 4. The van der Waals surface area contributed by atoms with Crippen molar-refractivity contribution in [2.24, 2.45) is 5.92 Å². The molecule has 2 unspecified atom stereocenters. The third-order valence-corrected chi connectivity index (χ3v) is 4.24. The fourth-order valence-electron chi connectivity index (χ4n) is 3.07. The SMILES string of the molecule is CCCCCCC1CC(CN2CCNCC2)OC1=O. The monoisotopic (exact) mass is 268 g/mol. The summed E-state index contributed by atoms with van der Waals surface area (Å²) in [6, 6.07) is 0. The lowest BCUT2D eigenvalue weighted by Gasteiger charge is -2.28. The largest absolute Gasteiger partial charge is 0.461 e. The third-order valence-electron chi connectivity index (χ3n) is 4.24. The standard InChI is InChI=1S/C15H28N2O2/c1-2-3-4-5-6-13-11-14(19-15(13)18)12-17-9-7-16-8-10-17/h13-14,16H,2-12H2,1H3. The van der Waals surface area contributed by atoms with Crippen LogP contribution in [0.5, 0.6) is 0 Å². The summed E-state index contributed by atoms with van der Waals surface area (Å²) in [6.07, 6.45) is 7.07. The molecule has 1 N–H and O–H groups in total. The maximum absolute atomic E-state index is 11.8. The molecule has 0 spiro atoms. The van der Waals surface area contributed by atoms with Crippen LogP contribution in [-0.4, -0.2) is 49.7 Å². The Kier molecular flexibility index (Phi) is 6.11. The van der Waals surface area contributed by atoms with E-state index in [1.165, 1.54) is 25.7 Å². The van der Waals surface area contributed by atoms with Crippen LogP contribution in [0.25, 0.3) is 0 Å². The van der Waals surface area contributed by atoms with Crippen LogP contribution < -0.4 is 5.32 Å². The molecule has 4 nitrogen and oxygen atoms in total. The third kappa shape index (κ3) is 4.77. The predicted octanol–water partition coefficient (Wildman–Crippen LogP) is 1.79. The van der Waals surface area contributed by atoms with Gasteiger partial charge in [-0.15, -0.1) is 0 Å². The first-order valence-corrected chi connectivity index (χ1v) is 7.93. The molecule has 2 aliphatic heterocycles.